The van der Waals surface area contributed by atoms with E-state index < -0.39 is 5.97 Å². The minimum atomic E-state index is -0.918. The molecule has 6 nitrogen and oxygen atoms in total. The molecular weight excluding hydrogens is 580 g/mol. The average Bonchev–Trinajstić information content (AvgIpc) is 2.98. The molecule has 0 spiro atoms. The van der Waals surface area contributed by atoms with Crippen molar-refractivity contribution in [3.05, 3.63) is 111 Å². The number of amides is 2. The number of rotatable bonds is 11. The monoisotopic (exact) mass is 618 g/mol. The van der Waals surface area contributed by atoms with Gasteiger partial charge in [0.2, 0.25) is 6.41 Å². The van der Waals surface area contributed by atoms with Crippen LogP contribution in [0.25, 0.3) is 5.57 Å². The van der Waals surface area contributed by atoms with Crippen LogP contribution < -0.4 is 10.6 Å². The van der Waals surface area contributed by atoms with Crippen LogP contribution in [-0.2, 0) is 16.0 Å². The predicted molar refractivity (Wildman–Crippen MR) is 168 cm³/mol. The van der Waals surface area contributed by atoms with Gasteiger partial charge in [-0.1, -0.05) is 77.5 Å². The number of benzene rings is 3. The summed E-state index contributed by atoms with van der Waals surface area (Å²) in [6.45, 7) is 4.30. The van der Waals surface area contributed by atoms with Gasteiger partial charge in [0.25, 0.3) is 5.91 Å². The van der Waals surface area contributed by atoms with Crippen LogP contribution in [0.4, 0.5) is 0 Å². The number of carbonyl (C=O) groups is 3. The van der Waals surface area contributed by atoms with Crippen LogP contribution in [0.5, 0.6) is 0 Å². The zero-order valence-corrected chi connectivity index (χ0v) is 25.3. The Morgan fingerprint density at radius 3 is 2.17 bits per heavy atom. The SMILES string of the molecule is CC(Cc1ccc(C(=O)NCCC(=O)O)cc1)c1ccc(C2=CCCCC2)cc1.CC(NC=O)c1ccc(Br)cc1. The molecule has 1 aliphatic rings. The number of halogens is 1. The molecule has 2 unspecified atom stereocenters. The molecule has 3 aromatic carbocycles. The van der Waals surface area contributed by atoms with Crippen LogP contribution in [0, 0.1) is 0 Å². The lowest BCUT2D eigenvalue weighted by atomic mass is 9.90. The summed E-state index contributed by atoms with van der Waals surface area (Å²) in [6.07, 6.45) is 8.90. The summed E-state index contributed by atoms with van der Waals surface area (Å²) in [7, 11) is 0. The van der Waals surface area contributed by atoms with Crippen molar-refractivity contribution >= 4 is 39.8 Å². The van der Waals surface area contributed by atoms with Crippen molar-refractivity contribution in [2.45, 2.75) is 64.3 Å². The fourth-order valence-corrected chi connectivity index (χ4v) is 4.99. The lowest BCUT2D eigenvalue weighted by Gasteiger charge is -2.16. The molecule has 2 amide bonds. The van der Waals surface area contributed by atoms with Gasteiger partial charge in [0.15, 0.2) is 0 Å². The molecule has 0 fully saturated rings. The van der Waals surface area contributed by atoms with Gasteiger partial charge in [0.05, 0.1) is 12.5 Å². The molecule has 4 rings (SSSR count). The summed E-state index contributed by atoms with van der Waals surface area (Å²) in [5.74, 6) is -0.767. The van der Waals surface area contributed by atoms with Crippen LogP contribution >= 0.6 is 15.9 Å². The topological polar surface area (TPSA) is 95.5 Å². The molecule has 7 heteroatoms. The molecule has 3 aromatic rings. The Labute approximate surface area is 251 Å². The molecule has 2 atom stereocenters. The molecule has 1 aliphatic carbocycles. The highest BCUT2D eigenvalue weighted by atomic mass is 79.9. The first kappa shape index (κ1) is 31.8. The summed E-state index contributed by atoms with van der Waals surface area (Å²) < 4.78 is 1.05. The van der Waals surface area contributed by atoms with E-state index in [0.717, 1.165) is 16.5 Å². The molecule has 0 bridgehead atoms. The average molecular weight is 620 g/mol. The van der Waals surface area contributed by atoms with Crippen LogP contribution in [0.1, 0.15) is 90.5 Å². The zero-order chi connectivity index (χ0) is 29.6. The van der Waals surface area contributed by atoms with Crippen molar-refractivity contribution in [2.24, 2.45) is 0 Å². The highest BCUT2D eigenvalue weighted by Gasteiger charge is 2.11. The zero-order valence-electron chi connectivity index (χ0n) is 23.7. The van der Waals surface area contributed by atoms with E-state index in [1.54, 1.807) is 12.1 Å². The third-order valence-electron chi connectivity index (χ3n) is 7.21. The Kier molecular flexibility index (Phi) is 12.8. The molecule has 0 heterocycles. The third-order valence-corrected chi connectivity index (χ3v) is 7.74. The third kappa shape index (κ3) is 10.7. The molecule has 41 heavy (non-hydrogen) atoms. The number of carboxylic acids is 1. The van der Waals surface area contributed by atoms with Crippen molar-refractivity contribution < 1.29 is 19.5 Å². The molecule has 0 aliphatic heterocycles. The minimum absolute atomic E-state index is 0.0720. The van der Waals surface area contributed by atoms with Crippen LogP contribution in [0.15, 0.2) is 83.3 Å². The molecule has 216 valence electrons. The molecule has 3 N–H and O–H groups in total. The van der Waals surface area contributed by atoms with Gasteiger partial charge in [-0.15, -0.1) is 0 Å². The van der Waals surface area contributed by atoms with Crippen LogP contribution in [0.2, 0.25) is 0 Å². The number of allylic oxidation sites excluding steroid dienone is 2. The number of carboxylic acid groups (broad SMARTS) is 1. The maximum atomic E-state index is 12.0. The first-order valence-corrected chi connectivity index (χ1v) is 14.9. The Bertz CT molecular complexity index is 1300. The maximum Gasteiger partial charge on any atom is 0.305 e. The van der Waals surface area contributed by atoms with Gasteiger partial charge in [0, 0.05) is 16.6 Å². The molecule has 0 saturated heterocycles. The maximum absolute atomic E-state index is 12.0. The number of aliphatic carboxylic acids is 1. The standard InChI is InChI=1S/C25H29NO3.C9H10BrNO/c1-18(20-11-13-22(14-12-20)21-5-3-2-4-6-21)17-19-7-9-23(10-8-19)25(29)26-16-15-24(27)28;1-7(11-6-12)8-2-4-9(10)5-3-8/h5,7-14,18H,2-4,6,15-17H2,1H3,(H,26,29)(H,27,28);2-7H,1H3,(H,11,12). The highest BCUT2D eigenvalue weighted by Crippen LogP contribution is 2.28. The Balaban J connectivity index is 0.000000322. The second-order valence-electron chi connectivity index (χ2n) is 10.4. The lowest BCUT2D eigenvalue weighted by molar-refractivity contribution is -0.136. The van der Waals surface area contributed by atoms with E-state index in [1.165, 1.54) is 47.9 Å². The second-order valence-corrected chi connectivity index (χ2v) is 11.3. The molecule has 0 aromatic heterocycles. The van der Waals surface area contributed by atoms with Crippen LogP contribution in [-0.4, -0.2) is 29.9 Å². The smallest absolute Gasteiger partial charge is 0.305 e. The molecule has 0 saturated carbocycles. The highest BCUT2D eigenvalue weighted by molar-refractivity contribution is 9.10. The Morgan fingerprint density at radius 1 is 0.927 bits per heavy atom. The van der Waals surface area contributed by atoms with E-state index in [0.29, 0.717) is 17.9 Å². The van der Waals surface area contributed by atoms with Crippen molar-refractivity contribution in [2.75, 3.05) is 6.54 Å². The van der Waals surface area contributed by atoms with Gasteiger partial charge in [-0.05, 0) is 97.0 Å². The Hall–Kier alpha value is -3.71. The number of hydrogen-bond acceptors (Lipinski definition) is 3. The van der Waals surface area contributed by atoms with Crippen molar-refractivity contribution in [1.29, 1.82) is 0 Å². The number of nitrogens with one attached hydrogen (secondary N) is 2. The summed E-state index contributed by atoms with van der Waals surface area (Å²) in [5, 5.41) is 13.9. The van der Waals surface area contributed by atoms with Gasteiger partial charge in [0.1, 0.15) is 0 Å². The number of carbonyl (C=O) groups excluding carboxylic acids is 2. The first-order valence-electron chi connectivity index (χ1n) is 14.1. The van der Waals surface area contributed by atoms with E-state index in [1.807, 2.05) is 43.3 Å². The lowest BCUT2D eigenvalue weighted by Crippen LogP contribution is -2.25. The fourth-order valence-electron chi connectivity index (χ4n) is 4.72. The summed E-state index contributed by atoms with van der Waals surface area (Å²) >= 11 is 3.34. The second kappa shape index (κ2) is 16.5. The quantitative estimate of drug-likeness (QED) is 0.194. The Morgan fingerprint density at radius 2 is 1.59 bits per heavy atom. The van der Waals surface area contributed by atoms with E-state index in [-0.39, 0.29) is 24.9 Å². The van der Waals surface area contributed by atoms with Crippen molar-refractivity contribution in [1.82, 2.24) is 10.6 Å². The van der Waals surface area contributed by atoms with E-state index >= 15 is 0 Å². The summed E-state index contributed by atoms with van der Waals surface area (Å²) in [4.78, 5) is 32.7. The van der Waals surface area contributed by atoms with Crippen molar-refractivity contribution in [3.63, 3.8) is 0 Å². The van der Waals surface area contributed by atoms with E-state index in [2.05, 4.69) is 63.8 Å². The van der Waals surface area contributed by atoms with Gasteiger partial charge in [-0.2, -0.15) is 0 Å². The van der Waals surface area contributed by atoms with E-state index in [9.17, 15) is 14.4 Å². The normalized spacial score (nSPS) is 14.0. The summed E-state index contributed by atoms with van der Waals surface area (Å²) in [5.41, 5.74) is 6.98. The van der Waals surface area contributed by atoms with Gasteiger partial charge >= 0.3 is 5.97 Å². The first-order chi connectivity index (χ1) is 19.8. The summed E-state index contributed by atoms with van der Waals surface area (Å²) in [6, 6.07) is 24.5. The molecular formula is C34H39BrN2O4. The minimum Gasteiger partial charge on any atom is -0.481 e. The largest absolute Gasteiger partial charge is 0.481 e. The molecule has 0 radical (unpaired) electrons. The van der Waals surface area contributed by atoms with Crippen LogP contribution in [0.3, 0.4) is 0 Å². The van der Waals surface area contributed by atoms with Gasteiger partial charge in [-0.3, -0.25) is 14.4 Å². The van der Waals surface area contributed by atoms with Gasteiger partial charge < -0.3 is 15.7 Å². The predicted octanol–water partition coefficient (Wildman–Crippen LogP) is 7.45. The fraction of sp³-hybridized carbons (Fsp3) is 0.324. The van der Waals surface area contributed by atoms with E-state index in [4.69, 9.17) is 5.11 Å². The number of hydrogen-bond donors (Lipinski definition) is 3. The van der Waals surface area contributed by atoms with Crippen molar-refractivity contribution in [3.8, 4) is 0 Å². The van der Waals surface area contributed by atoms with Gasteiger partial charge in [-0.25, -0.2) is 0 Å².